The van der Waals surface area contributed by atoms with E-state index in [4.69, 9.17) is 15.9 Å². The molecule has 2 atom stereocenters. The van der Waals surface area contributed by atoms with Crippen molar-refractivity contribution in [3.8, 4) is 12.3 Å². The Morgan fingerprint density at radius 1 is 1.03 bits per heavy atom. The number of aryl methyl sites for hydroxylation is 1. The third kappa shape index (κ3) is 3.60. The SMILES string of the molecule is C#C[C@@H]1CC(C(=O)OC)(C(=O)OC)[C@H](c2ccccc2)N1S(=O)(=O)c1ccc(C)cc1. The van der Waals surface area contributed by atoms with E-state index < -0.39 is 39.5 Å². The van der Waals surface area contributed by atoms with Gasteiger partial charge >= 0.3 is 11.9 Å². The highest BCUT2D eigenvalue weighted by molar-refractivity contribution is 7.89. The summed E-state index contributed by atoms with van der Waals surface area (Å²) in [5.74, 6) is 0.630. The van der Waals surface area contributed by atoms with E-state index in [-0.39, 0.29) is 11.3 Å². The Hall–Kier alpha value is -3.15. The van der Waals surface area contributed by atoms with Gasteiger partial charge in [-0.25, -0.2) is 8.42 Å². The molecule has 0 aliphatic carbocycles. The maximum Gasteiger partial charge on any atom is 0.325 e. The van der Waals surface area contributed by atoms with Gasteiger partial charge in [-0.15, -0.1) is 6.42 Å². The lowest BCUT2D eigenvalue weighted by atomic mass is 9.76. The molecule has 0 amide bonds. The van der Waals surface area contributed by atoms with Crippen LogP contribution in [0.2, 0.25) is 0 Å². The molecule has 31 heavy (non-hydrogen) atoms. The number of sulfonamides is 1. The van der Waals surface area contributed by atoms with Crippen LogP contribution in [0.15, 0.2) is 59.5 Å². The van der Waals surface area contributed by atoms with Crippen molar-refractivity contribution in [1.29, 1.82) is 0 Å². The summed E-state index contributed by atoms with van der Waals surface area (Å²) < 4.78 is 38.4. The smallest absolute Gasteiger partial charge is 0.325 e. The summed E-state index contributed by atoms with van der Waals surface area (Å²) in [6, 6.07) is 12.3. The van der Waals surface area contributed by atoms with Crippen molar-refractivity contribution in [2.45, 2.75) is 30.3 Å². The van der Waals surface area contributed by atoms with Crippen LogP contribution < -0.4 is 0 Å². The number of esters is 2. The van der Waals surface area contributed by atoms with Crippen molar-refractivity contribution in [2.24, 2.45) is 5.41 Å². The molecule has 1 heterocycles. The molecule has 2 aromatic rings. The van der Waals surface area contributed by atoms with Gasteiger partial charge in [0.2, 0.25) is 10.0 Å². The topological polar surface area (TPSA) is 90.0 Å². The van der Waals surface area contributed by atoms with Crippen molar-refractivity contribution in [3.63, 3.8) is 0 Å². The summed E-state index contributed by atoms with van der Waals surface area (Å²) in [6.07, 6.45) is 5.44. The van der Waals surface area contributed by atoms with Crippen LogP contribution >= 0.6 is 0 Å². The number of hydrogen-bond acceptors (Lipinski definition) is 6. The average molecular weight is 442 g/mol. The Balaban J connectivity index is 2.33. The zero-order chi connectivity index (χ0) is 22.8. The number of benzene rings is 2. The fraction of sp³-hybridized carbons (Fsp3) is 0.304. The van der Waals surface area contributed by atoms with Gasteiger partial charge in [-0.05, 0) is 24.6 Å². The van der Waals surface area contributed by atoms with Gasteiger partial charge in [0.15, 0.2) is 5.41 Å². The van der Waals surface area contributed by atoms with Crippen LogP contribution in [0.3, 0.4) is 0 Å². The lowest BCUT2D eigenvalue weighted by Gasteiger charge is -2.33. The van der Waals surface area contributed by atoms with E-state index in [1.54, 1.807) is 42.5 Å². The molecule has 0 saturated carbocycles. The zero-order valence-corrected chi connectivity index (χ0v) is 18.3. The van der Waals surface area contributed by atoms with Crippen LogP contribution in [0.4, 0.5) is 0 Å². The number of carbonyl (C=O) groups is 2. The molecule has 0 bridgehead atoms. The number of nitrogens with zero attached hydrogens (tertiary/aromatic N) is 1. The maximum absolute atomic E-state index is 13.7. The van der Waals surface area contributed by atoms with Crippen LogP contribution in [0.25, 0.3) is 0 Å². The van der Waals surface area contributed by atoms with Gasteiger partial charge in [-0.3, -0.25) is 9.59 Å². The van der Waals surface area contributed by atoms with Crippen LogP contribution in [0.1, 0.15) is 23.6 Å². The van der Waals surface area contributed by atoms with Crippen molar-refractivity contribution in [1.82, 2.24) is 4.31 Å². The highest BCUT2D eigenvalue weighted by atomic mass is 32.2. The van der Waals surface area contributed by atoms with Crippen molar-refractivity contribution in [3.05, 3.63) is 65.7 Å². The van der Waals surface area contributed by atoms with Crippen molar-refractivity contribution in [2.75, 3.05) is 14.2 Å². The predicted octanol–water partition coefficient (Wildman–Crippen LogP) is 2.46. The summed E-state index contributed by atoms with van der Waals surface area (Å²) in [5.41, 5.74) is -0.654. The summed E-state index contributed by atoms with van der Waals surface area (Å²) in [6.45, 7) is 1.84. The molecule has 8 heteroatoms. The first-order valence-electron chi connectivity index (χ1n) is 9.52. The second-order valence-electron chi connectivity index (χ2n) is 7.30. The number of carbonyl (C=O) groups excluding carboxylic acids is 2. The van der Waals surface area contributed by atoms with Crippen LogP contribution in [-0.4, -0.2) is 44.9 Å². The molecule has 0 aromatic heterocycles. The largest absolute Gasteiger partial charge is 0.468 e. The van der Waals surface area contributed by atoms with E-state index in [0.29, 0.717) is 5.56 Å². The minimum atomic E-state index is -4.19. The molecule has 162 valence electrons. The van der Waals surface area contributed by atoms with E-state index in [9.17, 15) is 18.0 Å². The molecule has 1 aliphatic heterocycles. The second kappa shape index (κ2) is 8.53. The first-order valence-corrected chi connectivity index (χ1v) is 11.0. The molecule has 0 radical (unpaired) electrons. The van der Waals surface area contributed by atoms with Gasteiger partial charge < -0.3 is 9.47 Å². The quantitative estimate of drug-likeness (QED) is 0.402. The van der Waals surface area contributed by atoms with Gasteiger partial charge in [0, 0.05) is 6.42 Å². The first kappa shape index (κ1) is 22.5. The monoisotopic (exact) mass is 441 g/mol. The van der Waals surface area contributed by atoms with E-state index in [1.165, 1.54) is 12.1 Å². The highest BCUT2D eigenvalue weighted by Crippen LogP contribution is 2.53. The van der Waals surface area contributed by atoms with E-state index >= 15 is 0 Å². The predicted molar refractivity (Wildman–Crippen MR) is 113 cm³/mol. The molecule has 0 N–H and O–H groups in total. The fourth-order valence-corrected chi connectivity index (χ4v) is 5.85. The summed E-state index contributed by atoms with van der Waals surface area (Å²) >= 11 is 0. The first-order chi connectivity index (χ1) is 14.7. The molecule has 3 rings (SSSR count). The Labute approximate surface area is 182 Å². The van der Waals surface area contributed by atoms with Crippen LogP contribution in [0.5, 0.6) is 0 Å². The third-order valence-electron chi connectivity index (χ3n) is 5.55. The standard InChI is InChI=1S/C23H23NO6S/c1-5-18-15-23(21(25)29-3,22(26)30-4)20(17-9-7-6-8-10-17)24(18)31(27,28)19-13-11-16(2)12-14-19/h1,6-14,18,20H,15H2,2-4H3/t18-,20+/m1/s1. The van der Waals surface area contributed by atoms with Gasteiger partial charge in [0.05, 0.1) is 31.2 Å². The van der Waals surface area contributed by atoms with Crippen molar-refractivity contribution >= 4 is 22.0 Å². The fourth-order valence-electron chi connectivity index (χ4n) is 4.08. The molecule has 7 nitrogen and oxygen atoms in total. The van der Waals surface area contributed by atoms with Gasteiger partial charge in [0.25, 0.3) is 0 Å². The summed E-state index contributed by atoms with van der Waals surface area (Å²) in [4.78, 5) is 26.0. The Morgan fingerprint density at radius 3 is 2.06 bits per heavy atom. The number of hydrogen-bond donors (Lipinski definition) is 0. The van der Waals surface area contributed by atoms with E-state index in [2.05, 4.69) is 5.92 Å². The zero-order valence-electron chi connectivity index (χ0n) is 17.4. The minimum Gasteiger partial charge on any atom is -0.468 e. The van der Waals surface area contributed by atoms with Gasteiger partial charge in [0.1, 0.15) is 0 Å². The molecular formula is C23H23NO6S. The second-order valence-corrected chi connectivity index (χ2v) is 9.15. The number of rotatable bonds is 5. The number of terminal acetylenes is 1. The molecule has 1 fully saturated rings. The van der Waals surface area contributed by atoms with E-state index in [0.717, 1.165) is 24.1 Å². The van der Waals surface area contributed by atoms with Crippen LogP contribution in [0, 0.1) is 24.7 Å². The molecular weight excluding hydrogens is 418 g/mol. The van der Waals surface area contributed by atoms with E-state index in [1.807, 2.05) is 6.92 Å². The van der Waals surface area contributed by atoms with Crippen LogP contribution in [-0.2, 0) is 29.1 Å². The lowest BCUT2D eigenvalue weighted by molar-refractivity contribution is -0.170. The summed E-state index contributed by atoms with van der Waals surface area (Å²) in [7, 11) is -1.92. The number of methoxy groups -OCH3 is 2. The average Bonchev–Trinajstić information content (AvgIpc) is 3.16. The lowest BCUT2D eigenvalue weighted by Crippen LogP contribution is -2.47. The number of ether oxygens (including phenoxy) is 2. The maximum atomic E-state index is 13.7. The van der Waals surface area contributed by atoms with Gasteiger partial charge in [-0.2, -0.15) is 4.31 Å². The third-order valence-corrected chi connectivity index (χ3v) is 7.44. The molecule has 0 unspecified atom stereocenters. The Kier molecular flexibility index (Phi) is 6.20. The minimum absolute atomic E-state index is 0.00446. The molecule has 1 aliphatic rings. The molecule has 1 saturated heterocycles. The Bertz CT molecular complexity index is 1100. The normalized spacial score (nSPS) is 20.6. The highest BCUT2D eigenvalue weighted by Gasteiger charge is 2.66. The Morgan fingerprint density at radius 2 is 1.58 bits per heavy atom. The molecule has 0 spiro atoms. The summed E-state index contributed by atoms with van der Waals surface area (Å²) in [5, 5.41) is 0. The van der Waals surface area contributed by atoms with Gasteiger partial charge in [-0.1, -0.05) is 53.9 Å². The molecule has 2 aromatic carbocycles. The van der Waals surface area contributed by atoms with Crippen molar-refractivity contribution < 1.29 is 27.5 Å².